The van der Waals surface area contributed by atoms with Crippen molar-refractivity contribution in [3.8, 4) is 5.75 Å². The summed E-state index contributed by atoms with van der Waals surface area (Å²) in [5, 5.41) is 0. The number of rotatable bonds is 2. The SMILES string of the molecule is [B]c1ccc(OC(C)C)c(F)c1. The van der Waals surface area contributed by atoms with Crippen molar-refractivity contribution in [2.45, 2.75) is 20.0 Å². The Morgan fingerprint density at radius 3 is 2.58 bits per heavy atom. The van der Waals surface area contributed by atoms with Gasteiger partial charge in [0.05, 0.1) is 6.10 Å². The van der Waals surface area contributed by atoms with Crippen LogP contribution in [0.5, 0.6) is 5.75 Å². The van der Waals surface area contributed by atoms with Gasteiger partial charge in [-0.05, 0) is 26.0 Å². The van der Waals surface area contributed by atoms with Crippen LogP contribution >= 0.6 is 0 Å². The van der Waals surface area contributed by atoms with Crippen LogP contribution in [0, 0.1) is 5.82 Å². The molecule has 1 aromatic carbocycles. The second-order valence-corrected chi connectivity index (χ2v) is 2.86. The normalized spacial score (nSPS) is 10.3. The lowest BCUT2D eigenvalue weighted by Gasteiger charge is -2.10. The van der Waals surface area contributed by atoms with Gasteiger partial charge in [-0.15, -0.1) is 0 Å². The van der Waals surface area contributed by atoms with Gasteiger partial charge in [-0.1, -0.05) is 11.5 Å². The highest BCUT2D eigenvalue weighted by Crippen LogP contribution is 2.15. The van der Waals surface area contributed by atoms with Crippen LogP contribution in [0.15, 0.2) is 18.2 Å². The van der Waals surface area contributed by atoms with Gasteiger partial charge in [0.1, 0.15) is 7.85 Å². The van der Waals surface area contributed by atoms with E-state index in [2.05, 4.69) is 0 Å². The van der Waals surface area contributed by atoms with Gasteiger partial charge in [0, 0.05) is 0 Å². The molecule has 3 heteroatoms. The molecule has 0 aliphatic carbocycles. The average Bonchev–Trinajstić information content (AvgIpc) is 1.94. The zero-order chi connectivity index (χ0) is 9.14. The Balaban J connectivity index is 2.86. The molecule has 0 fully saturated rings. The quantitative estimate of drug-likeness (QED) is 0.600. The number of benzene rings is 1. The average molecular weight is 164 g/mol. The zero-order valence-electron chi connectivity index (χ0n) is 7.17. The maximum Gasteiger partial charge on any atom is 0.164 e. The second-order valence-electron chi connectivity index (χ2n) is 2.86. The van der Waals surface area contributed by atoms with Crippen LogP contribution in [0.25, 0.3) is 0 Å². The Morgan fingerprint density at radius 2 is 2.08 bits per heavy atom. The summed E-state index contributed by atoms with van der Waals surface area (Å²) in [7, 11) is 5.36. The third-order valence-corrected chi connectivity index (χ3v) is 1.32. The molecule has 0 amide bonds. The first-order chi connectivity index (χ1) is 5.59. The minimum Gasteiger partial charge on any atom is -0.488 e. The molecule has 1 rings (SSSR count). The van der Waals surface area contributed by atoms with E-state index in [9.17, 15) is 4.39 Å². The van der Waals surface area contributed by atoms with E-state index in [0.29, 0.717) is 5.46 Å². The molecule has 0 bridgehead atoms. The van der Waals surface area contributed by atoms with Gasteiger partial charge in [0.25, 0.3) is 0 Å². The molecule has 0 atom stereocenters. The molecule has 12 heavy (non-hydrogen) atoms. The van der Waals surface area contributed by atoms with E-state index in [0.717, 1.165) is 0 Å². The molecule has 0 aliphatic rings. The van der Waals surface area contributed by atoms with Gasteiger partial charge in [0.2, 0.25) is 0 Å². The fourth-order valence-electron chi connectivity index (χ4n) is 0.867. The minimum absolute atomic E-state index is 0.0249. The highest BCUT2D eigenvalue weighted by Gasteiger charge is 2.03. The maximum atomic E-state index is 13.0. The van der Waals surface area contributed by atoms with Crippen molar-refractivity contribution in [2.24, 2.45) is 0 Å². The highest BCUT2D eigenvalue weighted by atomic mass is 19.1. The summed E-state index contributed by atoms with van der Waals surface area (Å²) in [5.74, 6) is -0.164. The molecule has 0 spiro atoms. The summed E-state index contributed by atoms with van der Waals surface area (Å²) in [4.78, 5) is 0. The largest absolute Gasteiger partial charge is 0.488 e. The molecule has 0 aromatic heterocycles. The van der Waals surface area contributed by atoms with Gasteiger partial charge in [-0.2, -0.15) is 0 Å². The summed E-state index contributed by atoms with van der Waals surface area (Å²) >= 11 is 0. The van der Waals surface area contributed by atoms with E-state index in [4.69, 9.17) is 12.6 Å². The van der Waals surface area contributed by atoms with E-state index >= 15 is 0 Å². The van der Waals surface area contributed by atoms with E-state index in [1.807, 2.05) is 13.8 Å². The van der Waals surface area contributed by atoms with Gasteiger partial charge in [-0.3, -0.25) is 0 Å². The number of ether oxygens (including phenoxy) is 1. The summed E-state index contributed by atoms with van der Waals surface area (Å²) in [6.45, 7) is 3.69. The second kappa shape index (κ2) is 3.61. The van der Waals surface area contributed by atoms with E-state index < -0.39 is 5.82 Å². The summed E-state index contributed by atoms with van der Waals surface area (Å²) in [5.41, 5.74) is 0.406. The Kier molecular flexibility index (Phi) is 2.74. The van der Waals surface area contributed by atoms with Crippen molar-refractivity contribution < 1.29 is 9.13 Å². The van der Waals surface area contributed by atoms with Crippen molar-refractivity contribution in [3.63, 3.8) is 0 Å². The van der Waals surface area contributed by atoms with Crippen LogP contribution in [-0.2, 0) is 0 Å². The molecule has 1 aromatic rings. The molecule has 0 saturated heterocycles. The summed E-state index contributed by atoms with van der Waals surface area (Å²) < 4.78 is 18.2. The van der Waals surface area contributed by atoms with Crippen molar-refractivity contribution in [1.82, 2.24) is 0 Å². The lowest BCUT2D eigenvalue weighted by atomic mass is 9.96. The fourth-order valence-corrected chi connectivity index (χ4v) is 0.867. The Labute approximate surface area is 73.0 Å². The van der Waals surface area contributed by atoms with Crippen molar-refractivity contribution >= 4 is 13.3 Å². The first kappa shape index (κ1) is 9.11. The van der Waals surface area contributed by atoms with Gasteiger partial charge >= 0.3 is 0 Å². The fraction of sp³-hybridized carbons (Fsp3) is 0.333. The standard InChI is InChI=1S/C9H10BFO/c1-6(2)12-9-4-3-7(10)5-8(9)11/h3-6H,1-2H3. The molecule has 0 unspecified atom stereocenters. The molecule has 0 saturated carbocycles. The van der Waals surface area contributed by atoms with E-state index in [-0.39, 0.29) is 11.9 Å². The highest BCUT2D eigenvalue weighted by molar-refractivity contribution is 6.32. The molecule has 0 heterocycles. The predicted molar refractivity (Wildman–Crippen MR) is 47.6 cm³/mol. The van der Waals surface area contributed by atoms with Crippen LogP contribution in [0.3, 0.4) is 0 Å². The lowest BCUT2D eigenvalue weighted by molar-refractivity contribution is 0.231. The van der Waals surface area contributed by atoms with Crippen LogP contribution in [-0.4, -0.2) is 14.0 Å². The summed E-state index contributed by atoms with van der Waals surface area (Å²) in [6.07, 6.45) is -0.0249. The van der Waals surface area contributed by atoms with E-state index in [1.165, 1.54) is 12.1 Å². The van der Waals surface area contributed by atoms with Crippen molar-refractivity contribution in [2.75, 3.05) is 0 Å². The van der Waals surface area contributed by atoms with Crippen LogP contribution in [0.2, 0.25) is 0 Å². The van der Waals surface area contributed by atoms with Gasteiger partial charge in [-0.25, -0.2) is 4.39 Å². The monoisotopic (exact) mass is 164 g/mol. The Morgan fingerprint density at radius 1 is 1.42 bits per heavy atom. The van der Waals surface area contributed by atoms with E-state index in [1.54, 1.807) is 6.07 Å². The van der Waals surface area contributed by atoms with Gasteiger partial charge < -0.3 is 4.74 Å². The molecule has 0 aliphatic heterocycles. The molecule has 0 N–H and O–H groups in total. The first-order valence-electron chi connectivity index (χ1n) is 3.81. The number of halogens is 1. The smallest absolute Gasteiger partial charge is 0.164 e. The number of hydrogen-bond acceptors (Lipinski definition) is 1. The summed E-state index contributed by atoms with van der Waals surface area (Å²) in [6, 6.07) is 4.39. The lowest BCUT2D eigenvalue weighted by Crippen LogP contribution is -2.09. The third-order valence-electron chi connectivity index (χ3n) is 1.32. The minimum atomic E-state index is -0.413. The van der Waals surface area contributed by atoms with Crippen LogP contribution in [0.4, 0.5) is 4.39 Å². The maximum absolute atomic E-state index is 13.0. The van der Waals surface area contributed by atoms with Gasteiger partial charge in [0.15, 0.2) is 11.6 Å². The molecule has 1 nitrogen and oxygen atoms in total. The molecule has 2 radical (unpaired) electrons. The van der Waals surface area contributed by atoms with Crippen molar-refractivity contribution in [3.05, 3.63) is 24.0 Å². The zero-order valence-corrected chi connectivity index (χ0v) is 7.17. The molecule has 62 valence electrons. The van der Waals surface area contributed by atoms with Crippen LogP contribution < -0.4 is 10.2 Å². The number of hydrogen-bond donors (Lipinski definition) is 0. The first-order valence-corrected chi connectivity index (χ1v) is 3.81. The Hall–Kier alpha value is -0.985. The van der Waals surface area contributed by atoms with Crippen LogP contribution in [0.1, 0.15) is 13.8 Å². The van der Waals surface area contributed by atoms with Crippen molar-refractivity contribution in [1.29, 1.82) is 0 Å². The molecular formula is C9H10BFO. The third kappa shape index (κ3) is 2.26. The predicted octanol–water partition coefficient (Wildman–Crippen LogP) is 1.41. The topological polar surface area (TPSA) is 9.23 Å². The molecular weight excluding hydrogens is 154 g/mol. The Bertz CT molecular complexity index is 273.